The molecule has 9 rings (SSSR count). The molecule has 0 radical (unpaired) electrons. The second-order valence-corrected chi connectivity index (χ2v) is 12.5. The zero-order chi connectivity index (χ0) is 33.3. The van der Waals surface area contributed by atoms with Crippen LogP contribution in [0.2, 0.25) is 0 Å². The van der Waals surface area contributed by atoms with E-state index in [0.717, 1.165) is 33.4 Å². The van der Waals surface area contributed by atoms with Crippen LogP contribution < -0.4 is 0 Å². The van der Waals surface area contributed by atoms with Crippen LogP contribution in [0.25, 0.3) is 89.1 Å². The molecule has 0 saturated carbocycles. The zero-order valence-corrected chi connectivity index (χ0v) is 27.2. The van der Waals surface area contributed by atoms with E-state index in [1.807, 2.05) is 60.7 Å². The molecule has 234 valence electrons. The van der Waals surface area contributed by atoms with E-state index in [-0.39, 0.29) is 0 Å². The summed E-state index contributed by atoms with van der Waals surface area (Å²) in [6, 6.07) is 66.0. The van der Waals surface area contributed by atoms with Gasteiger partial charge < -0.3 is 0 Å². The molecule has 0 aliphatic carbocycles. The summed E-state index contributed by atoms with van der Waals surface area (Å²) < 4.78 is 0. The van der Waals surface area contributed by atoms with Gasteiger partial charge in [-0.15, -0.1) is 0 Å². The van der Waals surface area contributed by atoms with E-state index < -0.39 is 0 Å². The van der Waals surface area contributed by atoms with Gasteiger partial charge in [0, 0.05) is 16.7 Å². The maximum absolute atomic E-state index is 5.11. The van der Waals surface area contributed by atoms with Crippen LogP contribution in [0, 0.1) is 0 Å². The lowest BCUT2D eigenvalue weighted by atomic mass is 9.90. The molecule has 0 spiro atoms. The molecule has 0 atom stereocenters. The summed E-state index contributed by atoms with van der Waals surface area (Å²) in [4.78, 5) is 15.2. The second-order valence-electron chi connectivity index (χ2n) is 12.5. The Morgan fingerprint density at radius 1 is 0.240 bits per heavy atom. The van der Waals surface area contributed by atoms with Gasteiger partial charge in [0.2, 0.25) is 0 Å². The highest BCUT2D eigenvalue weighted by atomic mass is 15.0. The first kappa shape index (κ1) is 29.4. The molecule has 3 nitrogen and oxygen atoms in total. The van der Waals surface area contributed by atoms with E-state index in [1.165, 1.54) is 38.2 Å². The number of rotatable bonds is 6. The van der Waals surface area contributed by atoms with Crippen molar-refractivity contribution < 1.29 is 0 Å². The summed E-state index contributed by atoms with van der Waals surface area (Å²) in [5, 5.41) is 4.90. The van der Waals surface area contributed by atoms with E-state index in [1.54, 1.807) is 0 Å². The van der Waals surface area contributed by atoms with Crippen LogP contribution in [-0.4, -0.2) is 15.0 Å². The fourth-order valence-electron chi connectivity index (χ4n) is 6.80. The fraction of sp³-hybridized carbons (Fsp3) is 0. The first-order chi connectivity index (χ1) is 24.8. The third kappa shape index (κ3) is 5.61. The minimum Gasteiger partial charge on any atom is -0.208 e. The van der Waals surface area contributed by atoms with E-state index in [2.05, 4.69) is 127 Å². The largest absolute Gasteiger partial charge is 0.208 e. The lowest BCUT2D eigenvalue weighted by Crippen LogP contribution is -2.00. The number of hydrogen-bond acceptors (Lipinski definition) is 3. The highest BCUT2D eigenvalue weighted by molar-refractivity contribution is 6.14. The van der Waals surface area contributed by atoms with Crippen molar-refractivity contribution in [1.82, 2.24) is 15.0 Å². The van der Waals surface area contributed by atoms with Gasteiger partial charge in [-0.3, -0.25) is 0 Å². The van der Waals surface area contributed by atoms with Gasteiger partial charge in [0.05, 0.1) is 0 Å². The van der Waals surface area contributed by atoms with E-state index >= 15 is 0 Å². The summed E-state index contributed by atoms with van der Waals surface area (Å²) in [6.45, 7) is 0. The molecular formula is C47H31N3. The molecule has 0 fully saturated rings. The smallest absolute Gasteiger partial charge is 0.164 e. The second kappa shape index (κ2) is 12.7. The minimum absolute atomic E-state index is 0.631. The molecule has 8 aromatic carbocycles. The van der Waals surface area contributed by atoms with Crippen molar-refractivity contribution in [2.75, 3.05) is 0 Å². The summed E-state index contributed by atoms with van der Waals surface area (Å²) >= 11 is 0. The molecule has 0 saturated heterocycles. The van der Waals surface area contributed by atoms with Gasteiger partial charge >= 0.3 is 0 Å². The van der Waals surface area contributed by atoms with Crippen molar-refractivity contribution in [2.24, 2.45) is 0 Å². The van der Waals surface area contributed by atoms with Crippen molar-refractivity contribution in [3.05, 3.63) is 188 Å². The lowest BCUT2D eigenvalue weighted by molar-refractivity contribution is 1.07. The highest BCUT2D eigenvalue weighted by Crippen LogP contribution is 2.39. The van der Waals surface area contributed by atoms with Gasteiger partial charge in [-0.05, 0) is 79.2 Å². The molecule has 1 aromatic heterocycles. The van der Waals surface area contributed by atoms with Crippen molar-refractivity contribution in [2.45, 2.75) is 0 Å². The van der Waals surface area contributed by atoms with Gasteiger partial charge in [-0.25, -0.2) is 15.0 Å². The topological polar surface area (TPSA) is 38.7 Å². The van der Waals surface area contributed by atoms with Crippen molar-refractivity contribution >= 4 is 21.5 Å². The number of nitrogens with zero attached hydrogens (tertiary/aromatic N) is 3. The Bertz CT molecular complexity index is 2560. The Morgan fingerprint density at radius 3 is 1.24 bits per heavy atom. The van der Waals surface area contributed by atoms with Gasteiger partial charge in [0.1, 0.15) is 0 Å². The Labute approximate surface area is 291 Å². The van der Waals surface area contributed by atoms with Crippen LogP contribution in [0.1, 0.15) is 0 Å². The zero-order valence-electron chi connectivity index (χ0n) is 27.2. The Balaban J connectivity index is 1.28. The van der Waals surface area contributed by atoms with Crippen LogP contribution in [0.15, 0.2) is 188 Å². The van der Waals surface area contributed by atoms with Crippen LogP contribution in [0.5, 0.6) is 0 Å². The molecule has 0 aliphatic rings. The van der Waals surface area contributed by atoms with Crippen LogP contribution >= 0.6 is 0 Å². The van der Waals surface area contributed by atoms with Crippen molar-refractivity contribution in [3.63, 3.8) is 0 Å². The lowest BCUT2D eigenvalue weighted by Gasteiger charge is -2.15. The maximum Gasteiger partial charge on any atom is 0.164 e. The molecule has 9 aromatic rings. The molecule has 1 heterocycles. The summed E-state index contributed by atoms with van der Waals surface area (Å²) in [5.41, 5.74) is 9.70. The van der Waals surface area contributed by atoms with Crippen molar-refractivity contribution in [3.8, 4) is 67.5 Å². The highest BCUT2D eigenvalue weighted by Gasteiger charge is 2.16. The third-order valence-corrected chi connectivity index (χ3v) is 9.29. The third-order valence-electron chi connectivity index (χ3n) is 9.29. The van der Waals surface area contributed by atoms with E-state index in [0.29, 0.717) is 17.5 Å². The number of benzene rings is 8. The van der Waals surface area contributed by atoms with Crippen molar-refractivity contribution in [1.29, 1.82) is 0 Å². The predicted molar refractivity (Wildman–Crippen MR) is 207 cm³/mol. The summed E-state index contributed by atoms with van der Waals surface area (Å²) in [6.07, 6.45) is 0. The molecule has 0 bridgehead atoms. The van der Waals surface area contributed by atoms with E-state index in [4.69, 9.17) is 15.0 Å². The number of aromatic nitrogens is 3. The Hall–Kier alpha value is -6.71. The van der Waals surface area contributed by atoms with Crippen LogP contribution in [0.3, 0.4) is 0 Å². The Kier molecular flexibility index (Phi) is 7.49. The molecule has 0 N–H and O–H groups in total. The minimum atomic E-state index is 0.631. The fourth-order valence-corrected chi connectivity index (χ4v) is 6.80. The van der Waals surface area contributed by atoms with Gasteiger partial charge in [-0.2, -0.15) is 0 Å². The standard InChI is InChI=1S/C47H31N3/c1-4-14-32(15-5-1)33-24-26-34(27-25-33)38-28-39(44-31-37-20-10-11-21-41(37)42-22-12-13-23-43(42)44)30-40(29-38)47-49-45(35-16-6-2-7-17-35)48-46(50-47)36-18-8-3-9-19-36/h1-31H. The average molecular weight is 638 g/mol. The van der Waals surface area contributed by atoms with Gasteiger partial charge in [0.15, 0.2) is 17.5 Å². The maximum atomic E-state index is 5.11. The molecule has 0 unspecified atom stereocenters. The quantitative estimate of drug-likeness (QED) is 0.170. The SMILES string of the molecule is c1ccc(-c2ccc(-c3cc(-c4nc(-c5ccccc5)nc(-c5ccccc5)n4)cc(-c4cc5ccccc5c5ccccc45)c3)cc2)cc1. The molecular weight excluding hydrogens is 607 g/mol. The summed E-state index contributed by atoms with van der Waals surface area (Å²) in [5.74, 6) is 1.92. The molecule has 0 aliphatic heterocycles. The predicted octanol–water partition coefficient (Wildman–Crippen LogP) is 12.2. The number of hydrogen-bond donors (Lipinski definition) is 0. The summed E-state index contributed by atoms with van der Waals surface area (Å²) in [7, 11) is 0. The molecule has 0 amide bonds. The van der Waals surface area contributed by atoms with E-state index in [9.17, 15) is 0 Å². The monoisotopic (exact) mass is 637 g/mol. The van der Waals surface area contributed by atoms with Gasteiger partial charge in [-0.1, -0.05) is 164 Å². The van der Waals surface area contributed by atoms with Crippen LogP contribution in [0.4, 0.5) is 0 Å². The first-order valence-electron chi connectivity index (χ1n) is 16.9. The average Bonchev–Trinajstić information content (AvgIpc) is 3.21. The van der Waals surface area contributed by atoms with Gasteiger partial charge in [0.25, 0.3) is 0 Å². The normalized spacial score (nSPS) is 11.2. The Morgan fingerprint density at radius 2 is 0.640 bits per heavy atom. The molecule has 50 heavy (non-hydrogen) atoms. The molecule has 3 heteroatoms. The van der Waals surface area contributed by atoms with Crippen LogP contribution in [-0.2, 0) is 0 Å². The first-order valence-corrected chi connectivity index (χ1v) is 16.9. The number of fused-ring (bicyclic) bond motifs is 3.